The molecule has 1 aliphatic rings. The van der Waals surface area contributed by atoms with Gasteiger partial charge in [0.25, 0.3) is 5.89 Å². The van der Waals surface area contributed by atoms with E-state index in [-0.39, 0.29) is 23.5 Å². The molecule has 13 nitrogen and oxygen atoms in total. The number of carbonyl (C=O) groups is 2. The molecule has 2 amide bonds. The van der Waals surface area contributed by atoms with Gasteiger partial charge in [0.2, 0.25) is 23.4 Å². The summed E-state index contributed by atoms with van der Waals surface area (Å²) in [5.41, 5.74) is 8.94. The Morgan fingerprint density at radius 2 is 1.85 bits per heavy atom. The molecule has 0 bridgehead atoms. The van der Waals surface area contributed by atoms with Crippen LogP contribution in [0.4, 0.5) is 22.3 Å². The minimum Gasteiger partial charge on any atom is -0.493 e. The second-order valence-electron chi connectivity index (χ2n) is 8.87. The van der Waals surface area contributed by atoms with Crippen molar-refractivity contribution < 1.29 is 28.3 Å². The molecule has 2 aromatic carbocycles. The minimum absolute atomic E-state index is 0.131. The fourth-order valence-corrected chi connectivity index (χ4v) is 5.05. The summed E-state index contributed by atoms with van der Waals surface area (Å²) in [7, 11) is 4.60. The third-order valence-electron chi connectivity index (χ3n) is 6.25. The minimum atomic E-state index is -0.550. The second kappa shape index (κ2) is 11.1. The van der Waals surface area contributed by atoms with Crippen LogP contribution in [0.25, 0.3) is 22.2 Å². The Labute approximate surface area is 233 Å². The van der Waals surface area contributed by atoms with Gasteiger partial charge in [0.1, 0.15) is 16.7 Å². The Hall–Kier alpha value is -4.85. The highest BCUT2D eigenvalue weighted by molar-refractivity contribution is 7.19. The number of nitrogens with zero attached hydrogens (tertiary/aromatic N) is 3. The van der Waals surface area contributed by atoms with Gasteiger partial charge in [-0.3, -0.25) is 9.59 Å². The number of aryl methyl sites for hydroxylation is 1. The van der Waals surface area contributed by atoms with Crippen LogP contribution in [-0.4, -0.2) is 54.3 Å². The molecule has 0 unspecified atom stereocenters. The second-order valence-corrected chi connectivity index (χ2v) is 9.87. The average molecular weight is 566 g/mol. The monoisotopic (exact) mass is 565 g/mol. The Morgan fingerprint density at radius 3 is 2.50 bits per heavy atom. The van der Waals surface area contributed by atoms with Crippen molar-refractivity contribution in [2.24, 2.45) is 0 Å². The lowest BCUT2D eigenvalue weighted by atomic mass is 10.1. The van der Waals surface area contributed by atoms with Gasteiger partial charge < -0.3 is 40.4 Å². The van der Waals surface area contributed by atoms with Gasteiger partial charge in [-0.1, -0.05) is 22.6 Å². The van der Waals surface area contributed by atoms with Crippen LogP contribution in [-0.2, 0) is 9.59 Å². The van der Waals surface area contributed by atoms with E-state index in [1.807, 2.05) is 13.0 Å². The zero-order valence-corrected chi connectivity index (χ0v) is 23.0. The summed E-state index contributed by atoms with van der Waals surface area (Å²) in [6.45, 7) is 1.90. The molecular weight excluding hydrogens is 538 g/mol. The van der Waals surface area contributed by atoms with Gasteiger partial charge in [-0.15, -0.1) is 0 Å². The Morgan fingerprint density at radius 1 is 1.10 bits per heavy atom. The fraction of sp³-hybridized carbons (Fsp3) is 0.269. The predicted molar refractivity (Wildman–Crippen MR) is 149 cm³/mol. The molecule has 3 heterocycles. The molecule has 14 heteroatoms. The molecule has 0 radical (unpaired) electrons. The maximum Gasteiger partial charge on any atom is 0.272 e. The van der Waals surface area contributed by atoms with E-state index in [1.54, 1.807) is 24.3 Å². The lowest BCUT2D eigenvalue weighted by Crippen LogP contribution is -2.37. The Kier molecular flexibility index (Phi) is 7.42. The first-order valence-electron chi connectivity index (χ1n) is 12.2. The summed E-state index contributed by atoms with van der Waals surface area (Å²) < 4.78 is 21.7. The number of carbonyl (C=O) groups excluding carboxylic acids is 2. The number of rotatable bonds is 9. The van der Waals surface area contributed by atoms with Gasteiger partial charge in [0, 0.05) is 35.5 Å². The van der Waals surface area contributed by atoms with Crippen LogP contribution in [0.15, 0.2) is 34.9 Å². The van der Waals surface area contributed by atoms with Crippen LogP contribution < -0.4 is 35.9 Å². The topological polar surface area (TPSA) is 176 Å². The number of benzene rings is 2. The first-order valence-corrected chi connectivity index (χ1v) is 13.0. The zero-order chi connectivity index (χ0) is 28.4. The molecule has 5 rings (SSSR count). The summed E-state index contributed by atoms with van der Waals surface area (Å²) >= 11 is 1.24. The molecule has 1 fully saturated rings. The molecule has 5 N–H and O–H groups in total. The number of amides is 2. The first-order chi connectivity index (χ1) is 19.3. The van der Waals surface area contributed by atoms with Gasteiger partial charge in [0.15, 0.2) is 16.6 Å². The molecule has 208 valence electrons. The highest BCUT2D eigenvalue weighted by Gasteiger charge is 2.27. The van der Waals surface area contributed by atoms with Crippen LogP contribution in [0, 0.1) is 6.92 Å². The van der Waals surface area contributed by atoms with Gasteiger partial charge in [-0.2, -0.15) is 4.98 Å². The molecule has 0 saturated carbocycles. The van der Waals surface area contributed by atoms with Crippen LogP contribution in [0.5, 0.6) is 17.2 Å². The quantitative estimate of drug-likeness (QED) is 0.233. The van der Waals surface area contributed by atoms with E-state index in [4.69, 9.17) is 24.5 Å². The van der Waals surface area contributed by atoms with Crippen molar-refractivity contribution in [1.29, 1.82) is 0 Å². The zero-order valence-electron chi connectivity index (χ0n) is 22.2. The van der Waals surface area contributed by atoms with Crippen LogP contribution in [0.1, 0.15) is 18.4 Å². The number of nitrogen functional groups attached to an aromatic ring is 1. The molecule has 1 atom stereocenters. The van der Waals surface area contributed by atoms with Crippen LogP contribution >= 0.6 is 11.3 Å². The Balaban J connectivity index is 1.36. The van der Waals surface area contributed by atoms with Gasteiger partial charge in [0.05, 0.1) is 21.3 Å². The number of hydrogen-bond acceptors (Lipinski definition) is 12. The molecule has 4 aromatic rings. The van der Waals surface area contributed by atoms with Gasteiger partial charge in [-0.05, 0) is 31.0 Å². The van der Waals surface area contributed by atoms with E-state index in [2.05, 4.69) is 31.1 Å². The normalized spacial score (nSPS) is 14.5. The van der Waals surface area contributed by atoms with E-state index in [0.717, 1.165) is 5.56 Å². The van der Waals surface area contributed by atoms with E-state index in [1.165, 1.54) is 32.7 Å². The third-order valence-corrected chi connectivity index (χ3v) is 7.22. The van der Waals surface area contributed by atoms with Crippen molar-refractivity contribution in [2.75, 3.05) is 37.7 Å². The number of nitrogens with two attached hydrogens (primary N) is 1. The number of nitrogens with one attached hydrogen (secondary N) is 3. The summed E-state index contributed by atoms with van der Waals surface area (Å²) in [6, 6.07) is 8.32. The van der Waals surface area contributed by atoms with Crippen molar-refractivity contribution >= 4 is 45.5 Å². The summed E-state index contributed by atoms with van der Waals surface area (Å²) in [5.74, 6) is 1.77. The van der Waals surface area contributed by atoms with Crippen molar-refractivity contribution in [3.8, 4) is 39.4 Å². The maximum atomic E-state index is 12.5. The molecule has 1 aliphatic heterocycles. The van der Waals surface area contributed by atoms with Crippen molar-refractivity contribution in [1.82, 2.24) is 20.4 Å². The standard InChI is InChI=1S/C26H27N7O6S/c1-12-5-6-13(28-24(35)16-7-8-19(34)30-16)9-15(12)23-32-25(39-33-23)21-22(27)31-26(40-21)29-14-10-17(36-2)20(38-4)18(11-14)37-3/h5-6,9-11,16H,7-8,27H2,1-4H3,(H,28,35)(H,29,31)(H,30,34)/t16-/m1/s1. The van der Waals surface area contributed by atoms with Crippen molar-refractivity contribution in [2.45, 2.75) is 25.8 Å². The van der Waals surface area contributed by atoms with Gasteiger partial charge >= 0.3 is 0 Å². The number of aromatic nitrogens is 3. The number of methoxy groups -OCH3 is 3. The summed E-state index contributed by atoms with van der Waals surface area (Å²) in [5, 5.41) is 13.3. The molecule has 2 aromatic heterocycles. The predicted octanol–water partition coefficient (Wildman–Crippen LogP) is 3.74. The molecule has 1 saturated heterocycles. The number of thiazole rings is 1. The number of hydrogen-bond donors (Lipinski definition) is 4. The fourth-order valence-electron chi connectivity index (χ4n) is 4.22. The summed E-state index contributed by atoms with van der Waals surface area (Å²) in [6.07, 6.45) is 0.799. The molecule has 0 spiro atoms. The smallest absolute Gasteiger partial charge is 0.272 e. The largest absolute Gasteiger partial charge is 0.493 e. The Bertz CT molecular complexity index is 1560. The molecule has 0 aliphatic carbocycles. The molecule has 40 heavy (non-hydrogen) atoms. The first kappa shape index (κ1) is 26.7. The van der Waals surface area contributed by atoms with E-state index in [9.17, 15) is 9.59 Å². The summed E-state index contributed by atoms with van der Waals surface area (Å²) in [4.78, 5) is 33.4. The number of ether oxygens (including phenoxy) is 3. The van der Waals surface area contributed by atoms with E-state index >= 15 is 0 Å². The van der Waals surface area contributed by atoms with Gasteiger partial charge in [-0.25, -0.2) is 4.98 Å². The van der Waals surface area contributed by atoms with E-state index < -0.39 is 6.04 Å². The lowest BCUT2D eigenvalue weighted by Gasteiger charge is -2.14. The van der Waals surface area contributed by atoms with Crippen molar-refractivity contribution in [3.63, 3.8) is 0 Å². The SMILES string of the molecule is COc1cc(Nc2nc(N)c(-c3nc(-c4cc(NC(=O)[C@H]5CCC(=O)N5)ccc4C)no3)s2)cc(OC)c1OC. The average Bonchev–Trinajstić information content (AvgIpc) is 3.69. The molecular formula is C26H27N7O6S. The van der Waals surface area contributed by atoms with Crippen LogP contribution in [0.2, 0.25) is 0 Å². The highest BCUT2D eigenvalue weighted by Crippen LogP contribution is 2.42. The lowest BCUT2D eigenvalue weighted by molar-refractivity contribution is -0.122. The maximum absolute atomic E-state index is 12.5. The van der Waals surface area contributed by atoms with E-state index in [0.29, 0.717) is 62.9 Å². The van der Waals surface area contributed by atoms with Crippen LogP contribution in [0.3, 0.4) is 0 Å². The third kappa shape index (κ3) is 5.33. The number of anilines is 4. The van der Waals surface area contributed by atoms with Crippen molar-refractivity contribution in [3.05, 3.63) is 35.9 Å². The highest BCUT2D eigenvalue weighted by atomic mass is 32.1.